The first-order valence-electron chi connectivity index (χ1n) is 23.1. The van der Waals surface area contributed by atoms with Crippen molar-refractivity contribution in [3.8, 4) is 0 Å². The minimum absolute atomic E-state index is 0.252. The number of rotatable bonds is 34. The number of allylic oxidation sites excluding steroid dienone is 3. The molecule has 2 saturated heterocycles. The summed E-state index contributed by atoms with van der Waals surface area (Å²) in [6, 6.07) is -0.913. The standard InChI is InChI=1S/C45H83NO13/c1-3-5-7-9-11-13-15-17-18-20-22-24-26-28-34(49)33(46-37(50)29-27-25-23-21-19-16-14-12-10-8-6-4-2)32-56-44-42(55)40(53)43(36(31-48)58-44)59-45-41(54)39(52)38(51)35(30-47)57-45/h12,14,26,28,33-36,38-45,47-49,51-55H,3-11,13,15-25,27,29-32H2,1-2H3,(H,46,50)/b14-12-,28-26+. The van der Waals surface area contributed by atoms with Crippen LogP contribution in [0.1, 0.15) is 162 Å². The van der Waals surface area contributed by atoms with Gasteiger partial charge in [-0.05, 0) is 44.9 Å². The van der Waals surface area contributed by atoms with Crippen LogP contribution in [0.3, 0.4) is 0 Å². The van der Waals surface area contributed by atoms with Crippen LogP contribution in [0.5, 0.6) is 0 Å². The van der Waals surface area contributed by atoms with Crippen molar-refractivity contribution in [1.29, 1.82) is 0 Å². The first kappa shape index (κ1) is 53.6. The summed E-state index contributed by atoms with van der Waals surface area (Å²) in [5, 5.41) is 86.4. The molecule has 1 amide bonds. The van der Waals surface area contributed by atoms with Crippen LogP contribution in [0.2, 0.25) is 0 Å². The quantitative estimate of drug-likeness (QED) is 0.0319. The number of aliphatic hydroxyl groups is 8. The Labute approximate surface area is 354 Å². The van der Waals surface area contributed by atoms with E-state index in [0.29, 0.717) is 6.42 Å². The van der Waals surface area contributed by atoms with E-state index in [9.17, 15) is 45.6 Å². The van der Waals surface area contributed by atoms with Crippen LogP contribution in [0.25, 0.3) is 0 Å². The number of amides is 1. The molecule has 14 nitrogen and oxygen atoms in total. The van der Waals surface area contributed by atoms with Crippen LogP contribution in [0.15, 0.2) is 24.3 Å². The molecular formula is C45H83NO13. The summed E-state index contributed by atoms with van der Waals surface area (Å²) in [7, 11) is 0. The smallest absolute Gasteiger partial charge is 0.220 e. The molecule has 0 saturated carbocycles. The molecular weight excluding hydrogens is 762 g/mol. The van der Waals surface area contributed by atoms with E-state index in [1.807, 2.05) is 6.08 Å². The van der Waals surface area contributed by atoms with Gasteiger partial charge in [-0.3, -0.25) is 4.79 Å². The number of hydrogen-bond donors (Lipinski definition) is 9. The summed E-state index contributed by atoms with van der Waals surface area (Å²) < 4.78 is 22.6. The van der Waals surface area contributed by atoms with Crippen molar-refractivity contribution in [2.75, 3.05) is 19.8 Å². The predicted octanol–water partition coefficient (Wildman–Crippen LogP) is 4.60. The highest BCUT2D eigenvalue weighted by molar-refractivity contribution is 5.76. The molecule has 2 aliphatic rings. The minimum atomic E-state index is -1.79. The normalized spacial score (nSPS) is 28.7. The average Bonchev–Trinajstić information content (AvgIpc) is 3.23. The zero-order chi connectivity index (χ0) is 43.3. The first-order valence-corrected chi connectivity index (χ1v) is 23.1. The molecule has 0 aromatic carbocycles. The predicted molar refractivity (Wildman–Crippen MR) is 226 cm³/mol. The van der Waals surface area contributed by atoms with Gasteiger partial charge in [-0.2, -0.15) is 0 Å². The highest BCUT2D eigenvalue weighted by Crippen LogP contribution is 2.30. The van der Waals surface area contributed by atoms with E-state index in [0.717, 1.165) is 57.8 Å². The van der Waals surface area contributed by atoms with E-state index < -0.39 is 86.8 Å². The van der Waals surface area contributed by atoms with Crippen LogP contribution >= 0.6 is 0 Å². The molecule has 2 heterocycles. The van der Waals surface area contributed by atoms with Crippen LogP contribution < -0.4 is 5.32 Å². The van der Waals surface area contributed by atoms with E-state index in [4.69, 9.17) is 18.9 Å². The molecule has 0 spiro atoms. The highest BCUT2D eigenvalue weighted by Gasteiger charge is 2.50. The van der Waals surface area contributed by atoms with Crippen molar-refractivity contribution in [3.63, 3.8) is 0 Å². The first-order chi connectivity index (χ1) is 28.6. The van der Waals surface area contributed by atoms with Gasteiger partial charge in [0.05, 0.1) is 32.0 Å². The van der Waals surface area contributed by atoms with Crippen LogP contribution in [0.4, 0.5) is 0 Å². The molecule has 0 aromatic rings. The third-order valence-electron chi connectivity index (χ3n) is 11.4. The van der Waals surface area contributed by atoms with E-state index >= 15 is 0 Å². The molecule has 2 aliphatic heterocycles. The summed E-state index contributed by atoms with van der Waals surface area (Å²) in [5.74, 6) is -0.252. The number of hydrogen-bond acceptors (Lipinski definition) is 13. The molecule has 2 rings (SSSR count). The number of ether oxygens (including phenoxy) is 4. The molecule has 59 heavy (non-hydrogen) atoms. The monoisotopic (exact) mass is 846 g/mol. The summed E-state index contributed by atoms with van der Waals surface area (Å²) in [6.45, 7) is 2.72. The minimum Gasteiger partial charge on any atom is -0.394 e. The van der Waals surface area contributed by atoms with Crippen LogP contribution in [0, 0.1) is 0 Å². The van der Waals surface area contributed by atoms with Gasteiger partial charge >= 0.3 is 0 Å². The number of carbonyl (C=O) groups excluding carboxylic acids is 1. The molecule has 0 aliphatic carbocycles. The second kappa shape index (κ2) is 33.1. The summed E-state index contributed by atoms with van der Waals surface area (Å²) >= 11 is 0. The fourth-order valence-electron chi connectivity index (χ4n) is 7.52. The van der Waals surface area contributed by atoms with Crippen LogP contribution in [-0.2, 0) is 23.7 Å². The van der Waals surface area contributed by atoms with Gasteiger partial charge in [0.1, 0.15) is 48.8 Å². The third-order valence-corrected chi connectivity index (χ3v) is 11.4. The average molecular weight is 846 g/mol. The Morgan fingerprint density at radius 1 is 0.593 bits per heavy atom. The molecule has 14 heteroatoms. The van der Waals surface area contributed by atoms with E-state index in [2.05, 4.69) is 31.3 Å². The van der Waals surface area contributed by atoms with Gasteiger partial charge in [-0.1, -0.05) is 134 Å². The lowest BCUT2D eigenvalue weighted by atomic mass is 9.97. The van der Waals surface area contributed by atoms with Gasteiger partial charge in [-0.25, -0.2) is 0 Å². The Morgan fingerprint density at radius 3 is 1.64 bits per heavy atom. The summed E-state index contributed by atoms with van der Waals surface area (Å²) in [5.41, 5.74) is 0. The number of nitrogens with one attached hydrogen (secondary N) is 1. The van der Waals surface area contributed by atoms with E-state index in [-0.39, 0.29) is 18.9 Å². The Hall–Kier alpha value is -1.53. The van der Waals surface area contributed by atoms with Crippen molar-refractivity contribution >= 4 is 5.91 Å². The maximum Gasteiger partial charge on any atom is 0.220 e. The fourth-order valence-corrected chi connectivity index (χ4v) is 7.52. The lowest BCUT2D eigenvalue weighted by Gasteiger charge is -2.46. The molecule has 346 valence electrons. The third kappa shape index (κ3) is 21.4. The molecule has 9 N–H and O–H groups in total. The van der Waals surface area contributed by atoms with Crippen molar-refractivity contribution in [2.24, 2.45) is 0 Å². The zero-order valence-corrected chi connectivity index (χ0v) is 36.2. The van der Waals surface area contributed by atoms with Crippen molar-refractivity contribution in [3.05, 3.63) is 24.3 Å². The largest absolute Gasteiger partial charge is 0.394 e. The number of carbonyl (C=O) groups is 1. The van der Waals surface area contributed by atoms with Gasteiger partial charge in [0.25, 0.3) is 0 Å². The van der Waals surface area contributed by atoms with Gasteiger partial charge < -0.3 is 65.1 Å². The van der Waals surface area contributed by atoms with Gasteiger partial charge in [0.15, 0.2) is 12.6 Å². The van der Waals surface area contributed by atoms with E-state index in [1.54, 1.807) is 6.08 Å². The highest BCUT2D eigenvalue weighted by atomic mass is 16.7. The lowest BCUT2D eigenvalue weighted by molar-refractivity contribution is -0.359. The van der Waals surface area contributed by atoms with Gasteiger partial charge in [0, 0.05) is 6.42 Å². The summed E-state index contributed by atoms with van der Waals surface area (Å²) in [4.78, 5) is 13.1. The molecule has 2 fully saturated rings. The topological polar surface area (TPSA) is 228 Å². The molecule has 0 bridgehead atoms. The van der Waals surface area contributed by atoms with Gasteiger partial charge in [-0.15, -0.1) is 0 Å². The Morgan fingerprint density at radius 2 is 1.07 bits per heavy atom. The zero-order valence-electron chi connectivity index (χ0n) is 36.2. The molecule has 0 aromatic heterocycles. The maximum absolute atomic E-state index is 13.1. The van der Waals surface area contributed by atoms with Gasteiger partial charge in [0.2, 0.25) is 5.91 Å². The molecule has 0 radical (unpaired) electrons. The number of aliphatic hydroxyl groups excluding tert-OH is 8. The van der Waals surface area contributed by atoms with Crippen molar-refractivity contribution in [2.45, 2.75) is 235 Å². The number of unbranched alkanes of at least 4 members (excludes halogenated alkanes) is 19. The SMILES string of the molecule is CCCCC/C=C\CCCCCCCC(=O)NC(COC1OC(CO)C(OC2OC(CO)C(O)C(O)C2O)C(O)C1O)C(O)/C=C/CCCCCCCCCCCCC. The van der Waals surface area contributed by atoms with Crippen molar-refractivity contribution < 1.29 is 64.6 Å². The molecule has 12 unspecified atom stereocenters. The molecule has 12 atom stereocenters. The second-order valence-corrected chi connectivity index (χ2v) is 16.5. The Bertz CT molecular complexity index is 1090. The van der Waals surface area contributed by atoms with Crippen LogP contribution in [-0.4, -0.2) is 140 Å². The Balaban J connectivity index is 1.91. The Kier molecular flexibility index (Phi) is 30.1. The van der Waals surface area contributed by atoms with E-state index in [1.165, 1.54) is 77.0 Å². The summed E-state index contributed by atoms with van der Waals surface area (Å²) in [6.07, 6.45) is 16.5. The second-order valence-electron chi connectivity index (χ2n) is 16.5. The lowest BCUT2D eigenvalue weighted by Crippen LogP contribution is -2.65. The van der Waals surface area contributed by atoms with Crippen molar-refractivity contribution in [1.82, 2.24) is 5.32 Å². The fraction of sp³-hybridized carbons (Fsp3) is 0.889. The maximum atomic E-state index is 13.1.